The lowest BCUT2D eigenvalue weighted by Gasteiger charge is -2.36. The summed E-state index contributed by atoms with van der Waals surface area (Å²) in [5, 5.41) is 11.0. The molecule has 1 atom stereocenters. The van der Waals surface area contributed by atoms with E-state index in [1.54, 1.807) is 14.2 Å². The fraction of sp³-hybridized carbons (Fsp3) is 0.524. The second-order valence-corrected chi connectivity index (χ2v) is 7.40. The first-order chi connectivity index (χ1) is 13.6. The van der Waals surface area contributed by atoms with Gasteiger partial charge in [-0.15, -0.1) is 24.0 Å². The quantitative estimate of drug-likeness (QED) is 0.348. The molecule has 1 saturated heterocycles. The lowest BCUT2D eigenvalue weighted by atomic mass is 10.0. The summed E-state index contributed by atoms with van der Waals surface area (Å²) in [5.74, 6) is 2.86. The Morgan fingerprint density at radius 2 is 2.17 bits per heavy atom. The number of piperidine rings is 1. The lowest BCUT2D eigenvalue weighted by molar-refractivity contribution is 0.371. The molecule has 2 N–H and O–H groups in total. The molecule has 2 heterocycles. The highest BCUT2D eigenvalue weighted by Gasteiger charge is 2.23. The monoisotopic (exact) mass is 513 g/mol. The van der Waals surface area contributed by atoms with Crippen LogP contribution in [-0.4, -0.2) is 44.4 Å². The maximum atomic E-state index is 5.53. The van der Waals surface area contributed by atoms with E-state index in [-0.39, 0.29) is 24.0 Å². The van der Waals surface area contributed by atoms with Crippen molar-refractivity contribution >= 4 is 35.6 Å². The van der Waals surface area contributed by atoms with E-state index in [9.17, 15) is 0 Å². The predicted molar refractivity (Wildman–Crippen MR) is 128 cm³/mol. The molecule has 8 heteroatoms. The van der Waals surface area contributed by atoms with Crippen molar-refractivity contribution < 1.29 is 9.26 Å². The number of guanidine groups is 1. The number of ether oxygens (including phenoxy) is 1. The third-order valence-corrected chi connectivity index (χ3v) is 5.01. The maximum Gasteiger partial charge on any atom is 0.191 e. The fourth-order valence-electron chi connectivity index (χ4n) is 3.45. The van der Waals surface area contributed by atoms with Crippen LogP contribution in [0.25, 0.3) is 0 Å². The van der Waals surface area contributed by atoms with Crippen LogP contribution in [0.4, 0.5) is 5.69 Å². The molecule has 0 amide bonds. The van der Waals surface area contributed by atoms with E-state index in [2.05, 4.69) is 51.7 Å². The second-order valence-electron chi connectivity index (χ2n) is 7.40. The summed E-state index contributed by atoms with van der Waals surface area (Å²) < 4.78 is 10.9. The van der Waals surface area contributed by atoms with Crippen LogP contribution in [0.2, 0.25) is 0 Å². The van der Waals surface area contributed by atoms with Gasteiger partial charge >= 0.3 is 0 Å². The molecule has 0 bridgehead atoms. The van der Waals surface area contributed by atoms with E-state index in [1.165, 1.54) is 0 Å². The van der Waals surface area contributed by atoms with Crippen molar-refractivity contribution in [2.24, 2.45) is 4.99 Å². The molecule has 1 aliphatic heterocycles. The van der Waals surface area contributed by atoms with Crippen LogP contribution in [0.1, 0.15) is 44.1 Å². The summed E-state index contributed by atoms with van der Waals surface area (Å²) in [6, 6.07) is 10.5. The largest absolute Gasteiger partial charge is 0.495 e. The molecule has 2 aromatic rings. The predicted octanol–water partition coefficient (Wildman–Crippen LogP) is 3.76. The number of nitrogens with zero attached hydrogens (tertiary/aromatic N) is 3. The highest BCUT2D eigenvalue weighted by molar-refractivity contribution is 14.0. The average Bonchev–Trinajstić information content (AvgIpc) is 3.20. The molecule has 1 unspecified atom stereocenters. The van der Waals surface area contributed by atoms with E-state index >= 15 is 0 Å². The van der Waals surface area contributed by atoms with Crippen LogP contribution in [0.15, 0.2) is 39.8 Å². The van der Waals surface area contributed by atoms with Crippen molar-refractivity contribution in [2.75, 3.05) is 32.1 Å². The SMILES string of the molecule is CN=C(NCc1cc(C(C)C)no1)NC1CCCN(c2ccccc2OC)C1.I. The van der Waals surface area contributed by atoms with Gasteiger partial charge in [-0.05, 0) is 30.9 Å². The Morgan fingerprint density at radius 1 is 1.38 bits per heavy atom. The molecule has 160 valence electrons. The summed E-state index contributed by atoms with van der Waals surface area (Å²) in [6.45, 7) is 6.70. The fourth-order valence-corrected chi connectivity index (χ4v) is 3.45. The minimum Gasteiger partial charge on any atom is -0.495 e. The smallest absolute Gasteiger partial charge is 0.191 e. The van der Waals surface area contributed by atoms with Gasteiger partial charge in [0.15, 0.2) is 11.7 Å². The first-order valence-electron chi connectivity index (χ1n) is 9.91. The van der Waals surface area contributed by atoms with Gasteiger partial charge in [-0.25, -0.2) is 0 Å². The van der Waals surface area contributed by atoms with Gasteiger partial charge in [0.1, 0.15) is 5.75 Å². The molecule has 0 aliphatic carbocycles. The number of anilines is 1. The molecule has 3 rings (SSSR count). The Hall–Kier alpha value is -1.97. The van der Waals surface area contributed by atoms with Gasteiger partial charge in [-0.2, -0.15) is 0 Å². The van der Waals surface area contributed by atoms with Crippen LogP contribution in [0.5, 0.6) is 5.75 Å². The van der Waals surface area contributed by atoms with E-state index in [0.717, 1.165) is 54.8 Å². The highest BCUT2D eigenvalue weighted by Crippen LogP contribution is 2.29. The molecule has 0 spiro atoms. The van der Waals surface area contributed by atoms with Gasteiger partial charge < -0.3 is 24.8 Å². The Morgan fingerprint density at radius 3 is 2.86 bits per heavy atom. The second kappa shape index (κ2) is 11.3. The van der Waals surface area contributed by atoms with E-state index in [1.807, 2.05) is 18.2 Å². The zero-order chi connectivity index (χ0) is 19.9. The number of benzene rings is 1. The highest BCUT2D eigenvalue weighted by atomic mass is 127. The van der Waals surface area contributed by atoms with Crippen molar-refractivity contribution in [1.29, 1.82) is 0 Å². The molecule has 1 aromatic carbocycles. The van der Waals surface area contributed by atoms with Gasteiger partial charge in [-0.1, -0.05) is 31.1 Å². The van der Waals surface area contributed by atoms with Crippen LogP contribution in [0.3, 0.4) is 0 Å². The van der Waals surface area contributed by atoms with Gasteiger partial charge in [0.2, 0.25) is 0 Å². The number of hydrogen-bond acceptors (Lipinski definition) is 5. The molecule has 0 radical (unpaired) electrons. The maximum absolute atomic E-state index is 5.53. The van der Waals surface area contributed by atoms with Crippen molar-refractivity contribution in [3.63, 3.8) is 0 Å². The number of para-hydroxylation sites is 2. The molecular formula is C21H32IN5O2. The zero-order valence-electron chi connectivity index (χ0n) is 17.6. The Bertz CT molecular complexity index is 793. The molecule has 0 saturated carbocycles. The Labute approximate surface area is 190 Å². The van der Waals surface area contributed by atoms with Crippen molar-refractivity contribution in [3.8, 4) is 5.75 Å². The normalized spacial score (nSPS) is 17.1. The Kier molecular flexibility index (Phi) is 9.06. The molecule has 7 nitrogen and oxygen atoms in total. The number of rotatable bonds is 6. The molecule has 1 aromatic heterocycles. The average molecular weight is 513 g/mol. The molecule has 29 heavy (non-hydrogen) atoms. The number of hydrogen-bond donors (Lipinski definition) is 2. The summed E-state index contributed by atoms with van der Waals surface area (Å²) >= 11 is 0. The summed E-state index contributed by atoms with van der Waals surface area (Å²) in [6.07, 6.45) is 2.22. The minimum atomic E-state index is 0. The van der Waals surface area contributed by atoms with Gasteiger partial charge in [0.05, 0.1) is 25.0 Å². The number of nitrogens with one attached hydrogen (secondary N) is 2. The molecule has 1 fully saturated rings. The number of aliphatic imine (C=N–C) groups is 1. The van der Waals surface area contributed by atoms with Gasteiger partial charge in [0, 0.05) is 32.2 Å². The van der Waals surface area contributed by atoms with E-state index in [0.29, 0.717) is 18.5 Å². The standard InChI is InChI=1S/C21H31N5O2.HI/c1-15(2)18-12-17(28-25-18)13-23-21(22-3)24-16-8-7-11-26(14-16)19-9-5-6-10-20(19)27-4;/h5-6,9-10,12,15-16H,7-8,11,13-14H2,1-4H3,(H2,22,23,24);1H. The molecular weight excluding hydrogens is 481 g/mol. The van der Waals surface area contributed by atoms with E-state index in [4.69, 9.17) is 9.26 Å². The third-order valence-electron chi connectivity index (χ3n) is 5.01. The minimum absolute atomic E-state index is 0. The van der Waals surface area contributed by atoms with Crippen LogP contribution in [-0.2, 0) is 6.54 Å². The van der Waals surface area contributed by atoms with E-state index < -0.39 is 0 Å². The first kappa shape index (κ1) is 23.3. The van der Waals surface area contributed by atoms with Crippen molar-refractivity contribution in [2.45, 2.75) is 45.2 Å². The van der Waals surface area contributed by atoms with Crippen molar-refractivity contribution in [3.05, 3.63) is 41.8 Å². The number of halogens is 1. The Balaban J connectivity index is 0.00000300. The summed E-state index contributed by atoms with van der Waals surface area (Å²) in [4.78, 5) is 6.73. The van der Waals surface area contributed by atoms with Gasteiger partial charge in [-0.3, -0.25) is 4.99 Å². The van der Waals surface area contributed by atoms with Crippen LogP contribution in [0, 0.1) is 0 Å². The van der Waals surface area contributed by atoms with Crippen LogP contribution < -0.4 is 20.3 Å². The zero-order valence-corrected chi connectivity index (χ0v) is 20.0. The summed E-state index contributed by atoms with van der Waals surface area (Å²) in [7, 11) is 3.51. The number of methoxy groups -OCH3 is 1. The number of aromatic nitrogens is 1. The molecule has 1 aliphatic rings. The van der Waals surface area contributed by atoms with Gasteiger partial charge in [0.25, 0.3) is 0 Å². The topological polar surface area (TPSA) is 74.9 Å². The van der Waals surface area contributed by atoms with Crippen molar-refractivity contribution in [1.82, 2.24) is 15.8 Å². The first-order valence-corrected chi connectivity index (χ1v) is 9.91. The summed E-state index contributed by atoms with van der Waals surface area (Å²) in [5.41, 5.74) is 2.11. The third kappa shape index (κ3) is 6.25. The lowest BCUT2D eigenvalue weighted by Crippen LogP contribution is -2.51. The van der Waals surface area contributed by atoms with Crippen LogP contribution >= 0.6 is 24.0 Å².